The summed E-state index contributed by atoms with van der Waals surface area (Å²) in [4.78, 5) is 33.2. The Labute approximate surface area is 148 Å². The molecule has 25 heavy (non-hydrogen) atoms. The molecule has 3 aromatic heterocycles. The molecule has 0 N–H and O–H groups in total. The molecule has 132 valence electrons. The van der Waals surface area contributed by atoms with E-state index in [2.05, 4.69) is 17.0 Å². The Balaban J connectivity index is 1.97. The van der Waals surface area contributed by atoms with Crippen LogP contribution in [0.25, 0.3) is 15.9 Å². The molecular weight excluding hydrogens is 338 g/mol. The van der Waals surface area contributed by atoms with Gasteiger partial charge in [-0.1, -0.05) is 6.92 Å². The number of rotatable bonds is 2. The van der Waals surface area contributed by atoms with Crippen LogP contribution in [0.5, 0.6) is 0 Å². The zero-order chi connectivity index (χ0) is 17.9. The molecule has 0 aromatic carbocycles. The first-order chi connectivity index (χ1) is 11.9. The fraction of sp³-hybridized carbons (Fsp3) is 0.529. The molecule has 0 saturated carbocycles. The highest BCUT2D eigenvalue weighted by Gasteiger charge is 2.25. The molecule has 1 atom stereocenters. The Hall–Kier alpha value is -2.22. The van der Waals surface area contributed by atoms with Crippen LogP contribution in [0, 0.1) is 12.8 Å². The van der Waals surface area contributed by atoms with Crippen molar-refractivity contribution < 1.29 is 4.79 Å². The summed E-state index contributed by atoms with van der Waals surface area (Å²) in [6.07, 6.45) is 3.20. The van der Waals surface area contributed by atoms with Gasteiger partial charge in [0.2, 0.25) is 5.91 Å². The molecule has 0 saturated heterocycles. The zero-order valence-electron chi connectivity index (χ0n) is 14.9. The molecule has 1 aliphatic carbocycles. The molecule has 4 rings (SSSR count). The number of likely N-dealkylation sites (N-methyl/N-ethyl adjacent to an activating group) is 1. The van der Waals surface area contributed by atoms with Crippen molar-refractivity contribution in [2.45, 2.75) is 39.7 Å². The van der Waals surface area contributed by atoms with Gasteiger partial charge >= 0.3 is 5.69 Å². The third-order valence-corrected chi connectivity index (χ3v) is 6.08. The summed E-state index contributed by atoms with van der Waals surface area (Å²) in [7, 11) is 3.34. The molecule has 1 unspecified atom stereocenters. The van der Waals surface area contributed by atoms with Gasteiger partial charge in [-0.25, -0.2) is 18.9 Å². The van der Waals surface area contributed by atoms with Crippen LogP contribution in [0.1, 0.15) is 29.6 Å². The minimum Gasteiger partial charge on any atom is -0.347 e. The lowest BCUT2D eigenvalue weighted by Crippen LogP contribution is -2.32. The standard InChI is InChI=1S/C17H21N5O2S/c1-9-5-6-11-12(7-9)25-16-14(11)15-19-21(8-13(23)20(3)4)17(24)22(15)10(2)18-16/h9H,5-8H2,1-4H3. The number of fused-ring (bicyclic) bond motifs is 5. The maximum Gasteiger partial charge on any atom is 0.352 e. The summed E-state index contributed by atoms with van der Waals surface area (Å²) >= 11 is 1.72. The molecular formula is C17H21N5O2S. The van der Waals surface area contributed by atoms with Gasteiger partial charge in [-0.3, -0.25) is 4.79 Å². The van der Waals surface area contributed by atoms with Gasteiger partial charge in [0.15, 0.2) is 5.65 Å². The van der Waals surface area contributed by atoms with Crippen molar-refractivity contribution in [1.29, 1.82) is 0 Å². The SMILES string of the molecule is Cc1nc2sc3c(c2c2nn(CC(=O)N(C)C)c(=O)n12)CCC(C)C3. The molecule has 8 heteroatoms. The molecule has 0 radical (unpaired) electrons. The fourth-order valence-corrected chi connectivity index (χ4v) is 4.90. The maximum absolute atomic E-state index is 12.7. The number of aromatic nitrogens is 4. The van der Waals surface area contributed by atoms with E-state index >= 15 is 0 Å². The lowest BCUT2D eigenvalue weighted by atomic mass is 9.89. The van der Waals surface area contributed by atoms with Crippen LogP contribution < -0.4 is 5.69 Å². The Kier molecular flexibility index (Phi) is 3.68. The average molecular weight is 359 g/mol. The number of thiophene rings is 1. The second-order valence-corrected chi connectivity index (χ2v) is 8.16. The summed E-state index contributed by atoms with van der Waals surface area (Å²) in [5.74, 6) is 1.13. The molecule has 7 nitrogen and oxygen atoms in total. The van der Waals surface area contributed by atoms with Gasteiger partial charge in [-0.2, -0.15) is 0 Å². The quantitative estimate of drug-likeness (QED) is 0.697. The van der Waals surface area contributed by atoms with E-state index in [1.807, 2.05) is 6.92 Å². The number of nitrogens with zero attached hydrogens (tertiary/aromatic N) is 5. The minimum atomic E-state index is -0.304. The Morgan fingerprint density at radius 1 is 1.40 bits per heavy atom. The van der Waals surface area contributed by atoms with Gasteiger partial charge in [-0.15, -0.1) is 16.4 Å². The van der Waals surface area contributed by atoms with Crippen LogP contribution >= 0.6 is 11.3 Å². The largest absolute Gasteiger partial charge is 0.352 e. The molecule has 0 bridgehead atoms. The topological polar surface area (TPSA) is 72.5 Å². The molecule has 3 heterocycles. The Morgan fingerprint density at radius 2 is 2.16 bits per heavy atom. The van der Waals surface area contributed by atoms with Crippen LogP contribution in [0.4, 0.5) is 0 Å². The fourth-order valence-electron chi connectivity index (χ4n) is 3.48. The monoisotopic (exact) mass is 359 g/mol. The van der Waals surface area contributed by atoms with Crippen molar-refractivity contribution in [2.75, 3.05) is 14.1 Å². The summed E-state index contributed by atoms with van der Waals surface area (Å²) < 4.78 is 2.79. The molecule has 3 aromatic rings. The predicted molar refractivity (Wildman–Crippen MR) is 97.3 cm³/mol. The number of hydrogen-bond acceptors (Lipinski definition) is 5. The Morgan fingerprint density at radius 3 is 2.88 bits per heavy atom. The minimum absolute atomic E-state index is 0.0577. The van der Waals surface area contributed by atoms with Crippen molar-refractivity contribution in [3.05, 3.63) is 26.7 Å². The maximum atomic E-state index is 12.7. The van der Waals surface area contributed by atoms with Crippen molar-refractivity contribution in [3.8, 4) is 0 Å². The average Bonchev–Trinajstić information content (AvgIpc) is 3.05. The van der Waals surface area contributed by atoms with Crippen LogP contribution in [0.15, 0.2) is 4.79 Å². The zero-order valence-corrected chi connectivity index (χ0v) is 15.7. The highest BCUT2D eigenvalue weighted by molar-refractivity contribution is 7.19. The first-order valence-corrected chi connectivity index (χ1v) is 9.29. The van der Waals surface area contributed by atoms with Crippen molar-refractivity contribution in [1.82, 2.24) is 24.1 Å². The van der Waals surface area contributed by atoms with E-state index in [0.29, 0.717) is 17.4 Å². The normalized spacial score (nSPS) is 17.2. The highest BCUT2D eigenvalue weighted by atomic mass is 32.1. The van der Waals surface area contributed by atoms with Gasteiger partial charge < -0.3 is 4.90 Å². The van der Waals surface area contributed by atoms with Crippen molar-refractivity contribution in [2.24, 2.45) is 5.92 Å². The van der Waals surface area contributed by atoms with E-state index in [1.165, 1.54) is 24.4 Å². The van der Waals surface area contributed by atoms with Crippen LogP contribution in [-0.2, 0) is 24.2 Å². The molecule has 1 amide bonds. The first-order valence-electron chi connectivity index (χ1n) is 8.47. The molecule has 0 spiro atoms. The molecule has 0 aliphatic heterocycles. The van der Waals surface area contributed by atoms with Crippen molar-refractivity contribution in [3.63, 3.8) is 0 Å². The van der Waals surface area contributed by atoms with Crippen LogP contribution in [-0.4, -0.2) is 44.1 Å². The first kappa shape index (κ1) is 16.3. The van der Waals surface area contributed by atoms with Gasteiger partial charge in [0.05, 0.1) is 5.39 Å². The van der Waals surface area contributed by atoms with E-state index in [4.69, 9.17) is 0 Å². The molecule has 1 aliphatic rings. The lowest BCUT2D eigenvalue weighted by Gasteiger charge is -2.17. The molecule has 0 fully saturated rings. The Bertz CT molecular complexity index is 1060. The lowest BCUT2D eigenvalue weighted by molar-refractivity contribution is -0.129. The third kappa shape index (κ3) is 2.47. The summed E-state index contributed by atoms with van der Waals surface area (Å²) in [6.45, 7) is 4.03. The van der Waals surface area contributed by atoms with E-state index in [1.54, 1.807) is 25.4 Å². The number of amides is 1. The van der Waals surface area contributed by atoms with Gasteiger partial charge in [-0.05, 0) is 37.7 Å². The number of carbonyl (C=O) groups excluding carboxylic acids is 1. The number of hydrogen-bond donors (Lipinski definition) is 0. The van der Waals surface area contributed by atoms with Crippen LogP contribution in [0.3, 0.4) is 0 Å². The predicted octanol–water partition coefficient (Wildman–Crippen LogP) is 1.63. The third-order valence-electron chi connectivity index (χ3n) is 4.93. The summed E-state index contributed by atoms with van der Waals surface area (Å²) in [5, 5.41) is 5.50. The highest BCUT2D eigenvalue weighted by Crippen LogP contribution is 2.38. The second kappa shape index (κ2) is 5.66. The van der Waals surface area contributed by atoms with Gasteiger partial charge in [0, 0.05) is 19.0 Å². The smallest absolute Gasteiger partial charge is 0.347 e. The van der Waals surface area contributed by atoms with E-state index in [0.717, 1.165) is 29.5 Å². The van der Waals surface area contributed by atoms with Crippen LogP contribution in [0.2, 0.25) is 0 Å². The van der Waals surface area contributed by atoms with E-state index in [-0.39, 0.29) is 18.1 Å². The van der Waals surface area contributed by atoms with E-state index < -0.39 is 0 Å². The number of aryl methyl sites for hydroxylation is 2. The van der Waals surface area contributed by atoms with Gasteiger partial charge in [0.1, 0.15) is 17.2 Å². The summed E-state index contributed by atoms with van der Waals surface area (Å²) in [5.41, 5.74) is 1.61. The number of carbonyl (C=O) groups is 1. The second-order valence-electron chi connectivity index (χ2n) is 7.08. The van der Waals surface area contributed by atoms with Gasteiger partial charge in [0.25, 0.3) is 0 Å². The van der Waals surface area contributed by atoms with Crippen molar-refractivity contribution >= 4 is 33.1 Å². The van der Waals surface area contributed by atoms with E-state index in [9.17, 15) is 9.59 Å². The summed E-state index contributed by atoms with van der Waals surface area (Å²) in [6, 6.07) is 0.